The molecule has 0 aliphatic carbocycles. The molecule has 3 heterocycles. The number of nitrogens with one attached hydrogen (secondary N) is 1. The van der Waals surface area contributed by atoms with E-state index in [1.807, 2.05) is 0 Å². The van der Waals surface area contributed by atoms with Crippen LogP contribution in [0.25, 0.3) is 0 Å². The molecule has 33 heavy (non-hydrogen) atoms. The number of carbonyl (C=O) groups is 1. The van der Waals surface area contributed by atoms with Gasteiger partial charge in [-0.3, -0.25) is 4.79 Å². The van der Waals surface area contributed by atoms with Crippen molar-refractivity contribution in [3.8, 4) is 0 Å². The van der Waals surface area contributed by atoms with E-state index in [1.165, 1.54) is 44.9 Å². The molecule has 1 unspecified atom stereocenters. The lowest BCUT2D eigenvalue weighted by Crippen LogP contribution is -2.61. The van der Waals surface area contributed by atoms with Crippen molar-refractivity contribution < 1.29 is 27.5 Å². The van der Waals surface area contributed by atoms with Gasteiger partial charge in [0.25, 0.3) is 5.91 Å². The third-order valence-corrected chi connectivity index (χ3v) is 10.1. The van der Waals surface area contributed by atoms with Crippen molar-refractivity contribution in [2.24, 2.45) is 5.92 Å². The summed E-state index contributed by atoms with van der Waals surface area (Å²) in [5.41, 5.74) is 2.44. The zero-order chi connectivity index (χ0) is 23.6. The average molecular weight is 489 g/mol. The van der Waals surface area contributed by atoms with Gasteiger partial charge in [-0.2, -0.15) is 0 Å². The maximum atomic E-state index is 13.7. The third-order valence-electron chi connectivity index (χ3n) is 7.51. The Labute approximate surface area is 200 Å². The predicted molar refractivity (Wildman–Crippen MR) is 127 cm³/mol. The van der Waals surface area contributed by atoms with Gasteiger partial charge < -0.3 is 9.47 Å². The van der Waals surface area contributed by atoms with E-state index in [9.17, 15) is 13.2 Å². The molecule has 0 radical (unpaired) electrons. The first kappa shape index (κ1) is 26.9. The highest BCUT2D eigenvalue weighted by molar-refractivity contribution is 7.91. The largest absolute Gasteiger partial charge is 0.381 e. The van der Waals surface area contributed by atoms with E-state index in [0.29, 0.717) is 32.0 Å². The molecule has 3 aliphatic heterocycles. The van der Waals surface area contributed by atoms with Crippen LogP contribution in [-0.4, -0.2) is 62.6 Å². The van der Waals surface area contributed by atoms with Crippen LogP contribution in [0.15, 0.2) is 0 Å². The van der Waals surface area contributed by atoms with Gasteiger partial charge in [-0.25, -0.2) is 23.0 Å². The summed E-state index contributed by atoms with van der Waals surface area (Å²) in [7, 11) is -3.84. The summed E-state index contributed by atoms with van der Waals surface area (Å²) in [6.07, 6.45) is 13.0. The number of carbonyl (C=O) groups excluding carboxylic acids is 1. The molecule has 0 bridgehead atoms. The molecule has 0 spiro atoms. The van der Waals surface area contributed by atoms with Crippen molar-refractivity contribution in [2.45, 2.75) is 108 Å². The van der Waals surface area contributed by atoms with Gasteiger partial charge in [0.2, 0.25) is 10.0 Å². The number of nitrogens with zero attached hydrogens (tertiary/aromatic N) is 1. The number of unbranched alkanes of at least 4 members (excludes halogenated alkanes) is 5. The second kappa shape index (κ2) is 13.4. The molecule has 0 aromatic heterocycles. The lowest BCUT2D eigenvalue weighted by molar-refractivity contribution is -0.202. The quantitative estimate of drug-likeness (QED) is 0.331. The van der Waals surface area contributed by atoms with E-state index >= 15 is 0 Å². The van der Waals surface area contributed by atoms with Gasteiger partial charge in [-0.1, -0.05) is 51.9 Å². The minimum Gasteiger partial charge on any atom is -0.381 e. The Morgan fingerprint density at radius 1 is 1.00 bits per heavy atom. The van der Waals surface area contributed by atoms with E-state index in [2.05, 4.69) is 12.4 Å². The van der Waals surface area contributed by atoms with Crippen LogP contribution < -0.4 is 5.48 Å². The fourth-order valence-corrected chi connectivity index (χ4v) is 7.36. The van der Waals surface area contributed by atoms with Gasteiger partial charge in [0.05, 0.1) is 0 Å². The van der Waals surface area contributed by atoms with Crippen LogP contribution in [-0.2, 0) is 29.1 Å². The standard InChI is InChI=1S/C24H44N2O6S/c1-2-3-4-5-6-7-10-21-12-16-26(17-13-21)33(28,29)24(14-19-30-20-15-24)23(27)25-32-22-11-8-9-18-31-22/h21-22H,2-20H2,1H3,(H,25,27). The molecule has 1 amide bonds. The summed E-state index contributed by atoms with van der Waals surface area (Å²) < 4.78 is 38.4. The van der Waals surface area contributed by atoms with Crippen LogP contribution in [0.3, 0.4) is 0 Å². The summed E-state index contributed by atoms with van der Waals surface area (Å²) in [4.78, 5) is 18.7. The Kier molecular flexibility index (Phi) is 10.9. The number of ether oxygens (including phenoxy) is 2. The molecular weight excluding hydrogens is 444 g/mol. The van der Waals surface area contributed by atoms with Crippen LogP contribution in [0.1, 0.15) is 96.8 Å². The number of hydrogen-bond acceptors (Lipinski definition) is 6. The van der Waals surface area contributed by atoms with Crippen molar-refractivity contribution in [1.29, 1.82) is 0 Å². The summed E-state index contributed by atoms with van der Waals surface area (Å²) >= 11 is 0. The van der Waals surface area contributed by atoms with Gasteiger partial charge in [-0.05, 0) is 31.6 Å². The fourth-order valence-electron chi connectivity index (χ4n) is 5.22. The minimum atomic E-state index is -3.84. The fraction of sp³-hybridized carbons (Fsp3) is 0.958. The number of sulfonamides is 1. The van der Waals surface area contributed by atoms with Crippen molar-refractivity contribution >= 4 is 15.9 Å². The van der Waals surface area contributed by atoms with E-state index in [1.54, 1.807) is 4.31 Å². The molecule has 1 atom stereocenters. The highest BCUT2D eigenvalue weighted by Crippen LogP contribution is 2.36. The van der Waals surface area contributed by atoms with E-state index < -0.39 is 27.0 Å². The van der Waals surface area contributed by atoms with Crippen LogP contribution in [0, 0.1) is 5.92 Å². The first-order valence-electron chi connectivity index (χ1n) is 13.1. The lowest BCUT2D eigenvalue weighted by Gasteiger charge is -2.41. The molecule has 3 fully saturated rings. The SMILES string of the molecule is CCCCCCCCC1CCN(S(=O)(=O)C2(C(=O)NOC3CCCCO3)CCOCC2)CC1. The summed E-state index contributed by atoms with van der Waals surface area (Å²) in [5, 5.41) is 0. The monoisotopic (exact) mass is 488 g/mol. The predicted octanol–water partition coefficient (Wildman–Crippen LogP) is 3.90. The number of amides is 1. The molecular formula is C24H44N2O6S. The number of hydroxylamine groups is 1. The van der Waals surface area contributed by atoms with Gasteiger partial charge in [0, 0.05) is 52.2 Å². The van der Waals surface area contributed by atoms with Crippen LogP contribution in [0.5, 0.6) is 0 Å². The molecule has 0 aromatic rings. The van der Waals surface area contributed by atoms with Gasteiger partial charge in [0.1, 0.15) is 0 Å². The Balaban J connectivity index is 1.53. The number of rotatable bonds is 12. The van der Waals surface area contributed by atoms with Crippen molar-refractivity contribution in [1.82, 2.24) is 9.79 Å². The summed E-state index contributed by atoms with van der Waals surface area (Å²) in [6, 6.07) is 0. The zero-order valence-electron chi connectivity index (χ0n) is 20.4. The summed E-state index contributed by atoms with van der Waals surface area (Å²) in [5.74, 6) is -0.0111. The molecule has 1 N–H and O–H groups in total. The van der Waals surface area contributed by atoms with Crippen LogP contribution in [0.4, 0.5) is 0 Å². The Bertz CT molecular complexity index is 681. The maximum Gasteiger partial charge on any atom is 0.266 e. The highest BCUT2D eigenvalue weighted by Gasteiger charge is 2.54. The van der Waals surface area contributed by atoms with Crippen molar-refractivity contribution in [3.05, 3.63) is 0 Å². The first-order chi connectivity index (χ1) is 16.0. The second-order valence-corrected chi connectivity index (χ2v) is 12.1. The smallest absolute Gasteiger partial charge is 0.266 e. The minimum absolute atomic E-state index is 0.147. The zero-order valence-corrected chi connectivity index (χ0v) is 21.2. The molecule has 0 aromatic carbocycles. The second-order valence-electron chi connectivity index (χ2n) is 9.86. The van der Waals surface area contributed by atoms with Crippen LogP contribution >= 0.6 is 0 Å². The first-order valence-corrected chi connectivity index (χ1v) is 14.6. The molecule has 192 valence electrons. The van der Waals surface area contributed by atoms with Gasteiger partial charge in [-0.15, -0.1) is 0 Å². The van der Waals surface area contributed by atoms with Crippen molar-refractivity contribution in [3.63, 3.8) is 0 Å². The lowest BCUT2D eigenvalue weighted by atomic mass is 9.92. The van der Waals surface area contributed by atoms with Crippen molar-refractivity contribution in [2.75, 3.05) is 32.9 Å². The normalized spacial score (nSPS) is 25.1. The number of piperidine rings is 1. The molecule has 9 heteroatoms. The highest BCUT2D eigenvalue weighted by atomic mass is 32.2. The molecule has 3 saturated heterocycles. The Hall–Kier alpha value is -0.740. The molecule has 0 saturated carbocycles. The maximum absolute atomic E-state index is 13.7. The van der Waals surface area contributed by atoms with Gasteiger partial charge >= 0.3 is 0 Å². The average Bonchev–Trinajstić information content (AvgIpc) is 2.86. The topological polar surface area (TPSA) is 94.2 Å². The molecule has 3 rings (SSSR count). The third kappa shape index (κ3) is 7.13. The van der Waals surface area contributed by atoms with E-state index in [4.69, 9.17) is 14.3 Å². The van der Waals surface area contributed by atoms with Crippen LogP contribution in [0.2, 0.25) is 0 Å². The van der Waals surface area contributed by atoms with E-state index in [0.717, 1.165) is 25.7 Å². The molecule has 8 nitrogen and oxygen atoms in total. The molecule has 3 aliphatic rings. The van der Waals surface area contributed by atoms with Gasteiger partial charge in [0.15, 0.2) is 11.0 Å². The number of hydrogen-bond donors (Lipinski definition) is 1. The summed E-state index contributed by atoms with van der Waals surface area (Å²) in [6.45, 7) is 4.30. The Morgan fingerprint density at radius 2 is 1.70 bits per heavy atom. The van der Waals surface area contributed by atoms with E-state index in [-0.39, 0.29) is 26.1 Å². The Morgan fingerprint density at radius 3 is 2.36 bits per heavy atom.